The zero-order valence-electron chi connectivity index (χ0n) is 42.0. The van der Waals surface area contributed by atoms with Crippen LogP contribution in [0, 0.1) is 0 Å². The second-order valence-electron chi connectivity index (χ2n) is 17.4. The molecule has 0 spiro atoms. The molecule has 16 heteroatoms. The van der Waals surface area contributed by atoms with Gasteiger partial charge in [0.25, 0.3) is 0 Å². The monoisotopic (exact) mass is 1080 g/mol. The number of carbonyl (C=O) groups excluding carboxylic acids is 2. The predicted octanol–water partition coefficient (Wildman–Crippen LogP) is 13.6. The topological polar surface area (TPSA) is 92.3 Å². The third kappa shape index (κ3) is 19.1. The first kappa shape index (κ1) is 60.8. The lowest BCUT2D eigenvalue weighted by Crippen LogP contribution is -2.22. The lowest BCUT2D eigenvalue weighted by molar-refractivity contribution is 0.172. The first-order valence-electron chi connectivity index (χ1n) is 22.7. The third-order valence-corrected chi connectivity index (χ3v) is 12.0. The van der Waals surface area contributed by atoms with E-state index in [2.05, 4.69) is 243 Å². The number of anilines is 6. The minimum Gasteiger partial charge on any atom is -0.452 e. The smallest absolute Gasteiger partial charge is 0.407 e. The van der Waals surface area contributed by atoms with Crippen LogP contribution in [0.15, 0.2) is 146 Å². The quantitative estimate of drug-likeness (QED) is 0.0538. The molecule has 0 unspecified atom stereocenters. The van der Waals surface area contributed by atoms with Gasteiger partial charge in [0, 0.05) is 146 Å². The predicted molar refractivity (Wildman–Crippen MR) is 308 cm³/mol. The van der Waals surface area contributed by atoms with Gasteiger partial charge in [-0.3, -0.25) is 0 Å². The summed E-state index contributed by atoms with van der Waals surface area (Å²) < 4.78 is 6.66. The summed E-state index contributed by atoms with van der Waals surface area (Å²) in [6, 6.07) is 52.4. The largest absolute Gasteiger partial charge is 0.452 e. The standard InChI is InChI=1S/C27H32ClN3O2.C26H33N3O.C2Cl4O2.CH4/c1-29(2)23-12-6-20(7-13-23)26(21-8-14-24(15-9-21)30(3)4)22-10-16-25(17-11-22)31(5)18-19-33-27(28)32;1-27(2)23-12-6-20(7-13-23)26(21-8-14-24(15-9-21)28(3)4)22-10-16-25(17-11-22)29(5)18-19-30;3-1(7)8-2(4,5)6;/h6-17,26H,18-19H2,1-5H3;6-17,26,30H,18-19H2,1-5H3;;1H4. The highest BCUT2D eigenvalue weighted by molar-refractivity contribution is 6.69. The summed E-state index contributed by atoms with van der Waals surface area (Å²) in [5.74, 6) is 0.281. The number of aliphatic hydroxyl groups excluding tert-OH is 1. The molecule has 0 saturated carbocycles. The summed E-state index contributed by atoms with van der Waals surface area (Å²) in [7, 11) is 20.4. The van der Waals surface area contributed by atoms with Crippen molar-refractivity contribution in [2.45, 2.75) is 23.2 Å². The molecule has 0 saturated heterocycles. The average molecular weight is 1080 g/mol. The summed E-state index contributed by atoms with van der Waals surface area (Å²) in [6.45, 7) is 1.59. The van der Waals surface area contributed by atoms with E-state index >= 15 is 0 Å². The van der Waals surface area contributed by atoms with Crippen molar-refractivity contribution in [1.29, 1.82) is 0 Å². The van der Waals surface area contributed by atoms with Crippen molar-refractivity contribution in [1.82, 2.24) is 0 Å². The highest BCUT2D eigenvalue weighted by Gasteiger charge is 2.24. The van der Waals surface area contributed by atoms with Crippen LogP contribution in [0.25, 0.3) is 0 Å². The molecule has 0 bridgehead atoms. The summed E-state index contributed by atoms with van der Waals surface area (Å²) in [6.07, 6.45) is 0. The van der Waals surface area contributed by atoms with Crippen molar-refractivity contribution in [3.63, 3.8) is 0 Å². The van der Waals surface area contributed by atoms with Crippen LogP contribution in [-0.4, -0.2) is 117 Å². The van der Waals surface area contributed by atoms with Gasteiger partial charge in [-0.05, 0) is 141 Å². The van der Waals surface area contributed by atoms with Crippen LogP contribution in [-0.2, 0) is 9.47 Å². The first-order valence-corrected chi connectivity index (χ1v) is 24.6. The van der Waals surface area contributed by atoms with E-state index in [0.717, 1.165) is 11.4 Å². The number of carbonyl (C=O) groups is 2. The molecule has 0 atom stereocenters. The number of ether oxygens (including phenoxy) is 2. The Morgan fingerprint density at radius 3 is 0.847 bits per heavy atom. The Hall–Kier alpha value is -5.53. The van der Waals surface area contributed by atoms with Crippen molar-refractivity contribution in [3.05, 3.63) is 179 Å². The maximum absolute atomic E-state index is 10.8. The van der Waals surface area contributed by atoms with Crippen molar-refractivity contribution in [3.8, 4) is 0 Å². The number of hydrogen-bond donors (Lipinski definition) is 1. The maximum atomic E-state index is 10.8. The summed E-state index contributed by atoms with van der Waals surface area (Å²) >= 11 is 24.7. The molecule has 0 aliphatic carbocycles. The van der Waals surface area contributed by atoms with Crippen molar-refractivity contribution >= 4 is 103 Å². The normalized spacial score (nSPS) is 10.7. The molecule has 6 aromatic carbocycles. The number of aliphatic hydroxyl groups is 1. The van der Waals surface area contributed by atoms with E-state index < -0.39 is 14.8 Å². The maximum Gasteiger partial charge on any atom is 0.407 e. The van der Waals surface area contributed by atoms with Crippen molar-refractivity contribution in [2.24, 2.45) is 0 Å². The molecule has 0 amide bonds. The molecule has 1 N–H and O–H groups in total. The van der Waals surface area contributed by atoms with Crippen LogP contribution in [0.1, 0.15) is 52.6 Å². The van der Waals surface area contributed by atoms with E-state index in [1.807, 2.05) is 19.0 Å². The molecule has 11 nitrogen and oxygen atoms in total. The van der Waals surface area contributed by atoms with E-state index in [1.165, 1.54) is 56.1 Å². The van der Waals surface area contributed by atoms with Crippen LogP contribution in [0.4, 0.5) is 43.7 Å². The Kier molecular flexibility index (Phi) is 24.7. The highest BCUT2D eigenvalue weighted by atomic mass is 35.6. The third-order valence-electron chi connectivity index (χ3n) is 11.6. The fourth-order valence-electron chi connectivity index (χ4n) is 7.62. The van der Waals surface area contributed by atoms with Gasteiger partial charge >= 0.3 is 14.8 Å². The van der Waals surface area contributed by atoms with Gasteiger partial charge in [0.2, 0.25) is 0 Å². The molecule has 6 aromatic rings. The zero-order valence-corrected chi connectivity index (χ0v) is 45.8. The van der Waals surface area contributed by atoms with Crippen LogP contribution in [0.5, 0.6) is 0 Å². The molecule has 0 heterocycles. The van der Waals surface area contributed by atoms with E-state index in [0.29, 0.717) is 13.1 Å². The summed E-state index contributed by atoms with van der Waals surface area (Å²) in [4.78, 5) is 33.1. The first-order chi connectivity index (χ1) is 33.6. The Morgan fingerprint density at radius 2 is 0.667 bits per heavy atom. The van der Waals surface area contributed by atoms with Crippen molar-refractivity contribution in [2.75, 3.05) is 126 Å². The minimum atomic E-state index is -2.04. The van der Waals surface area contributed by atoms with Gasteiger partial charge in [-0.25, -0.2) is 9.59 Å². The molecule has 0 radical (unpaired) electrons. The highest BCUT2D eigenvalue weighted by Crippen LogP contribution is 2.36. The van der Waals surface area contributed by atoms with Gasteiger partial charge in [0.15, 0.2) is 0 Å². The van der Waals surface area contributed by atoms with Gasteiger partial charge in [0.1, 0.15) is 6.61 Å². The Morgan fingerprint density at radius 1 is 0.431 bits per heavy atom. The van der Waals surface area contributed by atoms with Crippen LogP contribution < -0.4 is 29.4 Å². The molecule has 0 fully saturated rings. The SMILES string of the molecule is C.CN(C)c1ccc(C(c2ccc(N(C)C)cc2)c2ccc(N(C)CCO)cc2)cc1.CN(C)c1ccc(C(c2ccc(N(C)C)cc2)c2ccc(N(C)CCOC(=O)Cl)cc2)cc1.O=C(Cl)OC(Cl)(Cl)Cl. The molecule has 0 aliphatic heterocycles. The number of halogens is 5. The van der Waals surface area contributed by atoms with Gasteiger partial charge < -0.3 is 44.0 Å². The average Bonchev–Trinajstić information content (AvgIpc) is 3.32. The molecule has 72 heavy (non-hydrogen) atoms. The van der Waals surface area contributed by atoms with Gasteiger partial charge in [-0.2, -0.15) is 0 Å². The van der Waals surface area contributed by atoms with E-state index in [1.54, 1.807) is 0 Å². The molecule has 388 valence electrons. The molecular weight excluding hydrogens is 1010 g/mol. The summed E-state index contributed by atoms with van der Waals surface area (Å²) in [5, 5.41) is 9.21. The molecular formula is C56H69Cl5N6O5. The second kappa shape index (κ2) is 29.2. The van der Waals surface area contributed by atoms with Crippen LogP contribution >= 0.6 is 58.0 Å². The fourth-order valence-corrected chi connectivity index (χ4v) is 8.14. The van der Waals surface area contributed by atoms with E-state index in [9.17, 15) is 14.7 Å². The summed E-state index contributed by atoms with van der Waals surface area (Å²) in [5.41, 5.74) is 12.5. The van der Waals surface area contributed by atoms with Crippen molar-refractivity contribution < 1.29 is 24.2 Å². The lowest BCUT2D eigenvalue weighted by Gasteiger charge is -2.23. The Labute approximate surface area is 452 Å². The van der Waals surface area contributed by atoms with Gasteiger partial charge in [0.05, 0.1) is 13.2 Å². The number of rotatable bonds is 17. The van der Waals surface area contributed by atoms with Crippen LogP contribution in [0.3, 0.4) is 0 Å². The van der Waals surface area contributed by atoms with Gasteiger partial charge in [-0.1, -0.05) is 80.2 Å². The lowest BCUT2D eigenvalue weighted by atomic mass is 9.85. The number of likely N-dealkylation sites (N-methyl/N-ethyl adjacent to an activating group) is 2. The molecule has 6 rings (SSSR count). The zero-order chi connectivity index (χ0) is 52.4. The Bertz CT molecular complexity index is 2420. The van der Waals surface area contributed by atoms with E-state index in [-0.39, 0.29) is 32.5 Å². The van der Waals surface area contributed by atoms with E-state index in [4.69, 9.17) is 51.1 Å². The van der Waals surface area contributed by atoms with Crippen LogP contribution in [0.2, 0.25) is 0 Å². The number of alkyl halides is 3. The minimum absolute atomic E-state index is 0. The number of hydrogen-bond acceptors (Lipinski definition) is 11. The number of benzene rings is 6. The molecule has 0 aliphatic rings. The number of nitrogens with zero attached hydrogens (tertiary/aromatic N) is 6. The second-order valence-corrected chi connectivity index (χ2v) is 20.2. The molecule has 0 aromatic heterocycles. The Balaban J connectivity index is 0.000000327. The van der Waals surface area contributed by atoms with Gasteiger partial charge in [-0.15, -0.1) is 0 Å². The fraction of sp³-hybridized carbons (Fsp3) is 0.321.